The number of nitrogens with zero attached hydrogens (tertiary/aromatic N) is 1. The molecule has 51 heavy (non-hydrogen) atoms. The second-order valence-corrected chi connectivity index (χ2v) is 15.9. The van der Waals surface area contributed by atoms with Crippen molar-refractivity contribution >= 4 is 5.69 Å². The number of allylic oxidation sites excluding steroid dienone is 12. The summed E-state index contributed by atoms with van der Waals surface area (Å²) in [6.45, 7) is 0. The van der Waals surface area contributed by atoms with Gasteiger partial charge in [0.1, 0.15) is 11.9 Å². The fraction of sp³-hybridized carbons (Fsp3) is 0.362. The molecule has 10 aliphatic rings. The highest BCUT2D eigenvalue weighted by Gasteiger charge is 2.64. The maximum absolute atomic E-state index is 7.15. The van der Waals surface area contributed by atoms with E-state index in [9.17, 15) is 0 Å². The van der Waals surface area contributed by atoms with Gasteiger partial charge in [0.25, 0.3) is 0 Å². The molecule has 10 atom stereocenters. The Morgan fingerprint density at radius 1 is 0.804 bits per heavy atom. The number of benzene rings is 1. The van der Waals surface area contributed by atoms with Gasteiger partial charge in [0, 0.05) is 40.5 Å². The summed E-state index contributed by atoms with van der Waals surface area (Å²) in [7, 11) is 0. The first-order chi connectivity index (χ1) is 25.3. The third-order valence-electron chi connectivity index (χ3n) is 13.6. The Labute approximate surface area is 302 Å². The zero-order valence-electron chi connectivity index (χ0n) is 29.1. The summed E-state index contributed by atoms with van der Waals surface area (Å²) >= 11 is 0. The summed E-state index contributed by atoms with van der Waals surface area (Å²) in [5.41, 5.74) is 9.75. The lowest BCUT2D eigenvalue weighted by molar-refractivity contribution is -0.163. The molecule has 1 aromatic rings. The standard InChI is InChI=1S/C47H46N2O2/c1-2-11-33(12-3-1)49-41-17-7-4-13-34(41)35-27-30(22-25-42(35)49)31-20-23-38-45(28-31)50-43-18-8-5-14-36(43)47(38)37-15-6-9-19-44(37)51-46-29-32(21-24-39(46)47)40-16-10-26-48-40/h1-2,4,6-7,9-11,13-15,17-19,21-22,24-29,35,37-40,42,44-46,48H,3,5,8,12,16,20,23H2. The number of para-hydroxylation sites is 1. The van der Waals surface area contributed by atoms with Crippen molar-refractivity contribution in [3.63, 3.8) is 0 Å². The van der Waals surface area contributed by atoms with E-state index in [0.29, 0.717) is 23.9 Å². The first-order valence-corrected chi connectivity index (χ1v) is 19.5. The van der Waals surface area contributed by atoms with Gasteiger partial charge in [0.15, 0.2) is 0 Å². The van der Waals surface area contributed by atoms with E-state index < -0.39 is 0 Å². The molecular weight excluding hydrogens is 625 g/mol. The molecule has 1 aromatic carbocycles. The lowest BCUT2D eigenvalue weighted by Gasteiger charge is -2.63. The molecule has 2 fully saturated rings. The SMILES string of the molecule is C1=CCCC(N2c3ccccc3C3C=C(C4=CC5OC6=CCCC=C6C6(C7C=CC=CC7OC7C=C(C8CC=CN8)C=CC76)C5CC4)C=CC32)=C1. The molecule has 0 bridgehead atoms. The van der Waals surface area contributed by atoms with Gasteiger partial charge in [-0.05, 0) is 109 Å². The van der Waals surface area contributed by atoms with Crippen LogP contribution in [0.2, 0.25) is 0 Å². The summed E-state index contributed by atoms with van der Waals surface area (Å²) in [6, 6.07) is 9.74. The molecule has 0 aromatic heterocycles. The van der Waals surface area contributed by atoms with Crippen LogP contribution in [0.25, 0.3) is 0 Å². The second-order valence-electron chi connectivity index (χ2n) is 15.9. The summed E-state index contributed by atoms with van der Waals surface area (Å²) in [6.07, 6.45) is 50.4. The predicted molar refractivity (Wildman–Crippen MR) is 204 cm³/mol. The lowest BCUT2D eigenvalue weighted by atomic mass is 9.47. The van der Waals surface area contributed by atoms with E-state index in [0.717, 1.165) is 50.7 Å². The number of hydrogen-bond donors (Lipinski definition) is 1. The van der Waals surface area contributed by atoms with Crippen molar-refractivity contribution in [3.05, 3.63) is 173 Å². The fourth-order valence-electron chi connectivity index (χ4n) is 11.5. The second kappa shape index (κ2) is 11.7. The molecule has 11 rings (SSSR count). The van der Waals surface area contributed by atoms with Crippen molar-refractivity contribution in [2.75, 3.05) is 4.90 Å². The van der Waals surface area contributed by atoms with E-state index in [1.165, 1.54) is 39.2 Å². The van der Waals surface area contributed by atoms with Crippen LogP contribution >= 0.6 is 0 Å². The van der Waals surface area contributed by atoms with Crippen molar-refractivity contribution in [3.8, 4) is 0 Å². The van der Waals surface area contributed by atoms with Crippen LogP contribution in [0.15, 0.2) is 168 Å². The first-order valence-electron chi connectivity index (χ1n) is 19.5. The van der Waals surface area contributed by atoms with E-state index in [4.69, 9.17) is 9.47 Å². The first kappa shape index (κ1) is 30.1. The van der Waals surface area contributed by atoms with Gasteiger partial charge in [-0.25, -0.2) is 0 Å². The van der Waals surface area contributed by atoms with Gasteiger partial charge in [0.05, 0.1) is 24.3 Å². The normalized spacial score (nSPS) is 39.1. The van der Waals surface area contributed by atoms with Crippen LogP contribution in [0.5, 0.6) is 0 Å². The molecular formula is C47H46N2O2. The number of ether oxygens (including phenoxy) is 2. The molecule has 10 unspecified atom stereocenters. The third-order valence-corrected chi connectivity index (χ3v) is 13.6. The largest absolute Gasteiger partial charge is 0.486 e. The predicted octanol–water partition coefficient (Wildman–Crippen LogP) is 9.51. The maximum atomic E-state index is 7.15. The number of fused-ring (bicyclic) bond motifs is 11. The van der Waals surface area contributed by atoms with E-state index in [1.807, 2.05) is 0 Å². The zero-order chi connectivity index (χ0) is 33.5. The quantitative estimate of drug-likeness (QED) is 0.348. The van der Waals surface area contributed by atoms with Crippen LogP contribution in [0.3, 0.4) is 0 Å². The smallest absolute Gasteiger partial charge is 0.121 e. The fourth-order valence-corrected chi connectivity index (χ4v) is 11.5. The molecule has 1 N–H and O–H groups in total. The molecule has 6 aliphatic carbocycles. The van der Waals surface area contributed by atoms with Crippen LogP contribution in [-0.2, 0) is 9.47 Å². The zero-order valence-corrected chi connectivity index (χ0v) is 29.1. The Morgan fingerprint density at radius 2 is 1.73 bits per heavy atom. The third kappa shape index (κ3) is 4.48. The van der Waals surface area contributed by atoms with Crippen LogP contribution in [0.1, 0.15) is 56.4 Å². The minimum absolute atomic E-state index is 0.0204. The van der Waals surface area contributed by atoms with Crippen molar-refractivity contribution in [1.82, 2.24) is 5.32 Å². The molecule has 256 valence electrons. The Morgan fingerprint density at radius 3 is 2.65 bits per heavy atom. The van der Waals surface area contributed by atoms with E-state index in [1.54, 1.807) is 0 Å². The number of nitrogens with one attached hydrogen (secondary N) is 1. The minimum atomic E-state index is -0.110. The van der Waals surface area contributed by atoms with Crippen molar-refractivity contribution < 1.29 is 9.47 Å². The van der Waals surface area contributed by atoms with Crippen LogP contribution in [0.4, 0.5) is 5.69 Å². The Balaban J connectivity index is 0.979. The van der Waals surface area contributed by atoms with Crippen molar-refractivity contribution in [2.24, 2.45) is 23.2 Å². The molecule has 0 saturated carbocycles. The lowest BCUT2D eigenvalue weighted by Crippen LogP contribution is -2.63. The monoisotopic (exact) mass is 670 g/mol. The highest BCUT2D eigenvalue weighted by atomic mass is 16.5. The number of hydrogen-bond acceptors (Lipinski definition) is 4. The summed E-state index contributed by atoms with van der Waals surface area (Å²) in [5.74, 6) is 2.31. The molecule has 4 nitrogen and oxygen atoms in total. The average Bonchev–Trinajstić information content (AvgIpc) is 3.85. The highest BCUT2D eigenvalue weighted by Crippen LogP contribution is 2.66. The highest BCUT2D eigenvalue weighted by molar-refractivity contribution is 5.70. The van der Waals surface area contributed by atoms with E-state index in [2.05, 4.69) is 144 Å². The maximum Gasteiger partial charge on any atom is 0.121 e. The Bertz CT molecular complexity index is 2040. The van der Waals surface area contributed by atoms with Crippen LogP contribution < -0.4 is 10.2 Å². The van der Waals surface area contributed by atoms with Gasteiger partial charge in [-0.3, -0.25) is 0 Å². The van der Waals surface area contributed by atoms with Gasteiger partial charge in [-0.15, -0.1) is 0 Å². The topological polar surface area (TPSA) is 33.7 Å². The van der Waals surface area contributed by atoms with Gasteiger partial charge < -0.3 is 19.7 Å². The molecule has 0 radical (unpaired) electrons. The van der Waals surface area contributed by atoms with Gasteiger partial charge >= 0.3 is 0 Å². The molecule has 4 heteroatoms. The van der Waals surface area contributed by atoms with E-state index in [-0.39, 0.29) is 35.6 Å². The number of anilines is 1. The number of rotatable bonds is 3. The minimum Gasteiger partial charge on any atom is -0.486 e. The van der Waals surface area contributed by atoms with Crippen molar-refractivity contribution in [1.29, 1.82) is 0 Å². The van der Waals surface area contributed by atoms with Gasteiger partial charge in [-0.2, -0.15) is 0 Å². The van der Waals surface area contributed by atoms with Crippen molar-refractivity contribution in [2.45, 2.75) is 81.3 Å². The van der Waals surface area contributed by atoms with Gasteiger partial charge in [-0.1, -0.05) is 97.2 Å². The van der Waals surface area contributed by atoms with Crippen LogP contribution in [-0.4, -0.2) is 30.4 Å². The molecule has 4 heterocycles. The summed E-state index contributed by atoms with van der Waals surface area (Å²) < 4.78 is 14.2. The summed E-state index contributed by atoms with van der Waals surface area (Å²) in [5, 5.41) is 3.57. The Kier molecular flexibility index (Phi) is 6.94. The van der Waals surface area contributed by atoms with Crippen LogP contribution in [0, 0.1) is 23.2 Å². The summed E-state index contributed by atoms with van der Waals surface area (Å²) in [4.78, 5) is 2.61. The van der Waals surface area contributed by atoms with E-state index >= 15 is 0 Å². The Hall–Kier alpha value is -4.54. The van der Waals surface area contributed by atoms with Gasteiger partial charge in [0.2, 0.25) is 0 Å². The average molecular weight is 671 g/mol. The molecule has 4 aliphatic heterocycles. The molecule has 0 amide bonds. The molecule has 2 saturated heterocycles. The molecule has 1 spiro atoms.